The highest BCUT2D eigenvalue weighted by Crippen LogP contribution is 2.25. The molecular formula is C16H15FN2O. The maximum Gasteiger partial charge on any atom is 0.147 e. The number of para-hydroxylation sites is 1. The summed E-state index contributed by atoms with van der Waals surface area (Å²) in [4.78, 5) is 4.00. The van der Waals surface area contributed by atoms with Gasteiger partial charge >= 0.3 is 0 Å². The van der Waals surface area contributed by atoms with Gasteiger partial charge < -0.3 is 9.30 Å². The first-order valence-electron chi connectivity index (χ1n) is 6.58. The number of hydrogen-bond donors (Lipinski definition) is 0. The van der Waals surface area contributed by atoms with E-state index in [-0.39, 0.29) is 5.82 Å². The highest BCUT2D eigenvalue weighted by atomic mass is 19.1. The molecule has 3 nitrogen and oxygen atoms in total. The van der Waals surface area contributed by atoms with Gasteiger partial charge in [-0.05, 0) is 25.1 Å². The zero-order valence-corrected chi connectivity index (χ0v) is 11.2. The van der Waals surface area contributed by atoms with Crippen molar-refractivity contribution in [2.75, 3.05) is 0 Å². The van der Waals surface area contributed by atoms with Crippen molar-refractivity contribution in [3.05, 3.63) is 60.3 Å². The smallest absolute Gasteiger partial charge is 0.147 e. The lowest BCUT2D eigenvalue weighted by atomic mass is 10.2. The Morgan fingerprint density at radius 2 is 2.15 bits per heavy atom. The number of rotatable bonds is 4. The zero-order chi connectivity index (χ0) is 13.9. The maximum absolute atomic E-state index is 13.9. The Morgan fingerprint density at radius 1 is 1.25 bits per heavy atom. The molecule has 2 aromatic heterocycles. The predicted octanol–water partition coefficient (Wildman–Crippen LogP) is 3.77. The van der Waals surface area contributed by atoms with Crippen molar-refractivity contribution < 1.29 is 9.13 Å². The van der Waals surface area contributed by atoms with Crippen molar-refractivity contribution in [1.29, 1.82) is 0 Å². The second-order valence-electron chi connectivity index (χ2n) is 4.55. The van der Waals surface area contributed by atoms with Crippen LogP contribution in [0.3, 0.4) is 0 Å². The van der Waals surface area contributed by atoms with Gasteiger partial charge in [0.15, 0.2) is 0 Å². The van der Waals surface area contributed by atoms with E-state index in [2.05, 4.69) is 4.98 Å². The Morgan fingerprint density at radius 3 is 2.90 bits per heavy atom. The number of fused-ring (bicyclic) bond motifs is 1. The summed E-state index contributed by atoms with van der Waals surface area (Å²) < 4.78 is 21.5. The van der Waals surface area contributed by atoms with Gasteiger partial charge in [0.1, 0.15) is 18.2 Å². The minimum absolute atomic E-state index is 0.197. The van der Waals surface area contributed by atoms with Crippen molar-refractivity contribution in [3.63, 3.8) is 0 Å². The van der Waals surface area contributed by atoms with Gasteiger partial charge in [0.25, 0.3) is 0 Å². The first-order valence-corrected chi connectivity index (χ1v) is 6.58. The van der Waals surface area contributed by atoms with Gasteiger partial charge in [-0.15, -0.1) is 0 Å². The second kappa shape index (κ2) is 5.33. The van der Waals surface area contributed by atoms with Gasteiger partial charge in [-0.2, -0.15) is 0 Å². The normalized spacial score (nSPS) is 10.9. The molecular weight excluding hydrogens is 255 g/mol. The number of hydrogen-bond acceptors (Lipinski definition) is 2. The number of pyridine rings is 1. The van der Waals surface area contributed by atoms with Gasteiger partial charge in [-0.3, -0.25) is 4.98 Å². The molecule has 0 spiro atoms. The Hall–Kier alpha value is -2.36. The van der Waals surface area contributed by atoms with E-state index in [9.17, 15) is 4.39 Å². The summed E-state index contributed by atoms with van der Waals surface area (Å²) in [7, 11) is 0. The molecule has 0 radical (unpaired) electrons. The number of nitrogens with zero attached hydrogens (tertiary/aromatic N) is 2. The molecule has 0 bridgehead atoms. The van der Waals surface area contributed by atoms with Gasteiger partial charge in [-0.25, -0.2) is 4.39 Å². The molecule has 0 unspecified atom stereocenters. The summed E-state index contributed by atoms with van der Waals surface area (Å²) in [5, 5.41) is 0.899. The van der Waals surface area contributed by atoms with Crippen molar-refractivity contribution in [2.45, 2.75) is 20.1 Å². The molecule has 0 saturated carbocycles. The van der Waals surface area contributed by atoms with Gasteiger partial charge in [0.2, 0.25) is 0 Å². The van der Waals surface area contributed by atoms with Crippen LogP contribution in [0, 0.1) is 5.82 Å². The van der Waals surface area contributed by atoms with Gasteiger partial charge in [-0.1, -0.05) is 12.1 Å². The molecule has 0 fully saturated rings. The lowest BCUT2D eigenvalue weighted by Crippen LogP contribution is -1.95. The van der Waals surface area contributed by atoms with E-state index in [1.165, 1.54) is 6.07 Å². The second-order valence-corrected chi connectivity index (χ2v) is 4.55. The standard InChI is InChI=1S/C16H15FN2O/c1-2-19-10-12(11-20-13-5-4-8-18-9-13)14-6-3-7-15(17)16(14)19/h3-10H,2,11H2,1H3. The SMILES string of the molecule is CCn1cc(COc2cccnc2)c2cccc(F)c21. The molecule has 3 aromatic rings. The molecule has 0 aliphatic carbocycles. The Balaban J connectivity index is 1.94. The predicted molar refractivity (Wildman–Crippen MR) is 76.1 cm³/mol. The van der Waals surface area contributed by atoms with E-state index in [0.717, 1.165) is 17.5 Å². The molecule has 3 rings (SSSR count). The highest BCUT2D eigenvalue weighted by molar-refractivity contribution is 5.84. The average Bonchev–Trinajstić information content (AvgIpc) is 2.86. The molecule has 0 saturated heterocycles. The van der Waals surface area contributed by atoms with Gasteiger partial charge in [0, 0.05) is 29.9 Å². The van der Waals surface area contributed by atoms with E-state index in [1.807, 2.05) is 35.9 Å². The van der Waals surface area contributed by atoms with Crippen LogP contribution in [-0.2, 0) is 13.2 Å². The van der Waals surface area contributed by atoms with E-state index >= 15 is 0 Å². The monoisotopic (exact) mass is 270 g/mol. The topological polar surface area (TPSA) is 27.1 Å². The lowest BCUT2D eigenvalue weighted by Gasteiger charge is -2.04. The van der Waals surface area contributed by atoms with Gasteiger partial charge in [0.05, 0.1) is 11.7 Å². The quantitative estimate of drug-likeness (QED) is 0.721. The van der Waals surface area contributed by atoms with Crippen LogP contribution in [0.1, 0.15) is 12.5 Å². The van der Waals surface area contributed by atoms with E-state index in [1.54, 1.807) is 18.5 Å². The molecule has 0 amide bonds. The van der Waals surface area contributed by atoms with Crippen LogP contribution in [0.25, 0.3) is 10.9 Å². The number of aromatic nitrogens is 2. The van der Waals surface area contributed by atoms with Crippen molar-refractivity contribution in [2.24, 2.45) is 0 Å². The fraction of sp³-hybridized carbons (Fsp3) is 0.188. The molecule has 102 valence electrons. The molecule has 0 atom stereocenters. The van der Waals surface area contributed by atoms with Crippen LogP contribution in [0.2, 0.25) is 0 Å². The minimum Gasteiger partial charge on any atom is -0.487 e. The van der Waals surface area contributed by atoms with E-state index in [0.29, 0.717) is 17.9 Å². The van der Waals surface area contributed by atoms with Crippen molar-refractivity contribution in [1.82, 2.24) is 9.55 Å². The molecule has 0 aliphatic rings. The fourth-order valence-electron chi connectivity index (χ4n) is 2.35. The Labute approximate surface area is 116 Å². The van der Waals surface area contributed by atoms with Crippen LogP contribution < -0.4 is 4.74 Å². The van der Waals surface area contributed by atoms with E-state index < -0.39 is 0 Å². The summed E-state index contributed by atoms with van der Waals surface area (Å²) in [6, 6.07) is 8.81. The van der Waals surface area contributed by atoms with E-state index in [4.69, 9.17) is 4.74 Å². The summed E-state index contributed by atoms with van der Waals surface area (Å²) in [6.07, 6.45) is 5.31. The van der Waals surface area contributed by atoms with Crippen LogP contribution in [-0.4, -0.2) is 9.55 Å². The molecule has 2 heterocycles. The third-order valence-corrected chi connectivity index (χ3v) is 3.30. The Bertz CT molecular complexity index is 722. The average molecular weight is 270 g/mol. The number of halogens is 1. The van der Waals surface area contributed by atoms with Crippen LogP contribution in [0.15, 0.2) is 48.9 Å². The van der Waals surface area contributed by atoms with Crippen LogP contribution in [0.5, 0.6) is 5.75 Å². The maximum atomic E-state index is 13.9. The molecule has 1 aromatic carbocycles. The highest BCUT2D eigenvalue weighted by Gasteiger charge is 2.11. The third kappa shape index (κ3) is 2.25. The van der Waals surface area contributed by atoms with Crippen molar-refractivity contribution in [3.8, 4) is 5.75 Å². The Kier molecular flexibility index (Phi) is 3.37. The molecule has 0 N–H and O–H groups in total. The zero-order valence-electron chi connectivity index (χ0n) is 11.2. The van der Waals surface area contributed by atoms with Crippen LogP contribution >= 0.6 is 0 Å². The number of aryl methyl sites for hydroxylation is 1. The molecule has 20 heavy (non-hydrogen) atoms. The number of ether oxygens (including phenoxy) is 1. The molecule has 4 heteroatoms. The largest absolute Gasteiger partial charge is 0.487 e. The lowest BCUT2D eigenvalue weighted by molar-refractivity contribution is 0.306. The van der Waals surface area contributed by atoms with Crippen LogP contribution in [0.4, 0.5) is 4.39 Å². The summed E-state index contributed by atoms with van der Waals surface area (Å²) >= 11 is 0. The summed E-state index contributed by atoms with van der Waals surface area (Å²) in [5.74, 6) is 0.512. The first-order chi connectivity index (χ1) is 9.79. The van der Waals surface area contributed by atoms with Crippen molar-refractivity contribution >= 4 is 10.9 Å². The fourth-order valence-corrected chi connectivity index (χ4v) is 2.35. The summed E-state index contributed by atoms with van der Waals surface area (Å²) in [6.45, 7) is 3.13. The third-order valence-electron chi connectivity index (χ3n) is 3.30. The summed E-state index contributed by atoms with van der Waals surface area (Å²) in [5.41, 5.74) is 1.62. The number of benzene rings is 1. The first kappa shape index (κ1) is 12.7. The molecule has 0 aliphatic heterocycles. The minimum atomic E-state index is -0.197.